The van der Waals surface area contributed by atoms with Crippen LogP contribution in [0.5, 0.6) is 5.75 Å². The van der Waals surface area contributed by atoms with Crippen LogP contribution in [-0.2, 0) is 0 Å². The molecule has 0 saturated carbocycles. The minimum atomic E-state index is -0.0610. The maximum absolute atomic E-state index is 12.2. The van der Waals surface area contributed by atoms with Crippen LogP contribution in [0.1, 0.15) is 0 Å². The predicted molar refractivity (Wildman–Crippen MR) is 69.6 cm³/mol. The van der Waals surface area contributed by atoms with Crippen LogP contribution in [0.3, 0.4) is 0 Å². The molecule has 1 heterocycles. The Morgan fingerprint density at radius 2 is 1.76 bits per heavy atom. The van der Waals surface area contributed by atoms with Gasteiger partial charge in [0.2, 0.25) is 5.43 Å². The fourth-order valence-electron chi connectivity index (χ4n) is 1.84. The lowest BCUT2D eigenvalue weighted by molar-refractivity contribution is 0.647. The van der Waals surface area contributed by atoms with E-state index in [0.717, 1.165) is 0 Å². The summed E-state index contributed by atoms with van der Waals surface area (Å²) in [5.41, 5.74) is 1.07. The third-order valence-corrected chi connectivity index (χ3v) is 2.86. The Balaban J connectivity index is 2.51. The molecule has 0 spiro atoms. The average molecular weight is 244 g/mol. The molecular formula is C13H8O3S. The minimum Gasteiger partial charge on any atom is -0.456 e. The number of rotatable bonds is 1. The topological polar surface area (TPSA) is 39.4 Å². The van der Waals surface area contributed by atoms with Gasteiger partial charge in [-0.25, -0.2) is 0 Å². The van der Waals surface area contributed by atoms with Gasteiger partial charge in [-0.2, -0.15) is 0 Å². The zero-order valence-corrected chi connectivity index (χ0v) is 9.61. The summed E-state index contributed by atoms with van der Waals surface area (Å²) >= 11 is 3.71. The lowest BCUT2D eigenvalue weighted by Gasteiger charge is -2.02. The van der Waals surface area contributed by atoms with Crippen molar-refractivity contribution in [2.75, 3.05) is 0 Å². The van der Waals surface area contributed by atoms with Crippen molar-refractivity contribution in [1.82, 2.24) is 0 Å². The van der Waals surface area contributed by atoms with Gasteiger partial charge in [0.15, 0.2) is 0 Å². The highest BCUT2D eigenvalue weighted by atomic mass is 32.1. The van der Waals surface area contributed by atoms with E-state index in [4.69, 9.17) is 8.60 Å². The van der Waals surface area contributed by atoms with Crippen LogP contribution in [0.4, 0.5) is 0 Å². The van der Waals surface area contributed by atoms with Gasteiger partial charge in [0.25, 0.3) is 0 Å². The highest BCUT2D eigenvalue weighted by molar-refractivity contribution is 7.75. The zero-order chi connectivity index (χ0) is 11.8. The van der Waals surface area contributed by atoms with Crippen molar-refractivity contribution in [2.45, 2.75) is 0 Å². The van der Waals surface area contributed by atoms with Gasteiger partial charge < -0.3 is 8.60 Å². The summed E-state index contributed by atoms with van der Waals surface area (Å²) in [4.78, 5) is 12.2. The van der Waals surface area contributed by atoms with Crippen LogP contribution < -0.4 is 9.61 Å². The molecule has 4 heteroatoms. The number of para-hydroxylation sites is 1. The van der Waals surface area contributed by atoms with Crippen molar-refractivity contribution in [2.24, 2.45) is 0 Å². The van der Waals surface area contributed by atoms with Crippen molar-refractivity contribution >= 4 is 34.8 Å². The van der Waals surface area contributed by atoms with Gasteiger partial charge in [-0.05, 0) is 30.3 Å². The molecule has 1 aromatic heterocycles. The Hall–Kier alpha value is -1.94. The number of hydrogen-bond acceptors (Lipinski definition) is 4. The smallest absolute Gasteiger partial charge is 0.200 e. The standard InChI is InChI=1S/C13H8O3S/c14-13-9-3-1-2-4-11(9)15-12-6-5-8(16-17)7-10(12)13/h1-7,17H. The SMILES string of the molecule is O=c1c2ccccc2oc2ccc(OS)cc12. The first-order valence-electron chi connectivity index (χ1n) is 5.06. The molecule has 0 fully saturated rings. The second-order valence-corrected chi connectivity index (χ2v) is 3.86. The van der Waals surface area contributed by atoms with E-state index in [2.05, 4.69) is 12.9 Å². The normalized spacial score (nSPS) is 10.9. The summed E-state index contributed by atoms with van der Waals surface area (Å²) in [6, 6.07) is 12.2. The van der Waals surface area contributed by atoms with Crippen LogP contribution in [0.25, 0.3) is 21.9 Å². The van der Waals surface area contributed by atoms with Crippen molar-refractivity contribution in [1.29, 1.82) is 0 Å². The van der Waals surface area contributed by atoms with E-state index in [0.29, 0.717) is 27.7 Å². The van der Waals surface area contributed by atoms with Gasteiger partial charge in [-0.1, -0.05) is 12.1 Å². The van der Waals surface area contributed by atoms with E-state index >= 15 is 0 Å². The van der Waals surface area contributed by atoms with Gasteiger partial charge >= 0.3 is 0 Å². The van der Waals surface area contributed by atoms with Gasteiger partial charge in [0.05, 0.1) is 10.8 Å². The molecule has 17 heavy (non-hydrogen) atoms. The van der Waals surface area contributed by atoms with Gasteiger partial charge in [0.1, 0.15) is 16.9 Å². The zero-order valence-electron chi connectivity index (χ0n) is 8.71. The molecule has 84 valence electrons. The molecule has 3 rings (SSSR count). The van der Waals surface area contributed by atoms with Gasteiger partial charge in [-0.3, -0.25) is 4.79 Å². The van der Waals surface area contributed by atoms with E-state index in [1.165, 1.54) is 0 Å². The molecule has 0 saturated heterocycles. The van der Waals surface area contributed by atoms with Crippen molar-refractivity contribution in [3.8, 4) is 5.75 Å². The monoisotopic (exact) mass is 244 g/mol. The minimum absolute atomic E-state index is 0.0610. The molecule has 3 nitrogen and oxygen atoms in total. The molecule has 0 aliphatic heterocycles. The summed E-state index contributed by atoms with van der Waals surface area (Å²) in [6.45, 7) is 0. The largest absolute Gasteiger partial charge is 0.456 e. The maximum Gasteiger partial charge on any atom is 0.200 e. The summed E-state index contributed by atoms with van der Waals surface area (Å²) < 4.78 is 10.4. The fourth-order valence-corrected chi connectivity index (χ4v) is 1.95. The lowest BCUT2D eigenvalue weighted by atomic mass is 10.1. The Morgan fingerprint density at radius 3 is 2.59 bits per heavy atom. The first-order valence-corrected chi connectivity index (χ1v) is 5.43. The highest BCUT2D eigenvalue weighted by Gasteiger charge is 2.07. The van der Waals surface area contributed by atoms with E-state index in [1.807, 2.05) is 12.1 Å². The van der Waals surface area contributed by atoms with E-state index in [1.54, 1.807) is 30.3 Å². The van der Waals surface area contributed by atoms with Gasteiger partial charge in [0, 0.05) is 12.9 Å². The van der Waals surface area contributed by atoms with Crippen LogP contribution in [-0.4, -0.2) is 0 Å². The second kappa shape index (κ2) is 3.82. The molecule has 0 atom stereocenters. The first-order chi connectivity index (χ1) is 8.29. The fraction of sp³-hybridized carbons (Fsp3) is 0. The molecule has 0 aliphatic carbocycles. The van der Waals surface area contributed by atoms with Crippen LogP contribution in [0, 0.1) is 0 Å². The van der Waals surface area contributed by atoms with E-state index < -0.39 is 0 Å². The van der Waals surface area contributed by atoms with Crippen LogP contribution in [0.2, 0.25) is 0 Å². The molecule has 2 aromatic carbocycles. The number of hydrogen-bond donors (Lipinski definition) is 1. The molecule has 0 N–H and O–H groups in total. The summed E-state index contributed by atoms with van der Waals surface area (Å²) in [6.07, 6.45) is 0. The molecule has 0 radical (unpaired) electrons. The van der Waals surface area contributed by atoms with E-state index in [-0.39, 0.29) is 5.43 Å². The number of benzene rings is 2. The quantitative estimate of drug-likeness (QED) is 0.406. The predicted octanol–water partition coefficient (Wildman–Crippen LogP) is 3.17. The van der Waals surface area contributed by atoms with Crippen molar-refractivity contribution in [3.05, 3.63) is 52.7 Å². The molecular weight excluding hydrogens is 236 g/mol. The third kappa shape index (κ3) is 1.57. The highest BCUT2D eigenvalue weighted by Crippen LogP contribution is 2.22. The Labute approximate surface area is 102 Å². The number of thiol groups is 1. The van der Waals surface area contributed by atoms with Crippen LogP contribution >= 0.6 is 12.9 Å². The second-order valence-electron chi connectivity index (χ2n) is 3.68. The summed E-state index contributed by atoms with van der Waals surface area (Å²) in [5, 5.41) is 1.06. The molecule has 0 aliphatic rings. The van der Waals surface area contributed by atoms with Crippen molar-refractivity contribution in [3.63, 3.8) is 0 Å². The maximum atomic E-state index is 12.2. The molecule has 3 aromatic rings. The van der Waals surface area contributed by atoms with Gasteiger partial charge in [-0.15, -0.1) is 0 Å². The third-order valence-electron chi connectivity index (χ3n) is 2.65. The van der Waals surface area contributed by atoms with E-state index in [9.17, 15) is 4.79 Å². The Morgan fingerprint density at radius 1 is 1.00 bits per heavy atom. The molecule has 0 unspecified atom stereocenters. The summed E-state index contributed by atoms with van der Waals surface area (Å²) in [7, 11) is 0. The Bertz CT molecular complexity index is 761. The first kappa shape index (κ1) is 10.2. The molecule has 0 bridgehead atoms. The molecule has 0 amide bonds. The van der Waals surface area contributed by atoms with Crippen molar-refractivity contribution < 1.29 is 8.60 Å². The van der Waals surface area contributed by atoms with Crippen LogP contribution in [0.15, 0.2) is 51.7 Å². The summed E-state index contributed by atoms with van der Waals surface area (Å²) in [5.74, 6) is 0.517. The number of fused-ring (bicyclic) bond motifs is 2. The average Bonchev–Trinajstić information content (AvgIpc) is 2.39. The Kier molecular flexibility index (Phi) is 2.30. The lowest BCUT2D eigenvalue weighted by Crippen LogP contribution is -2.01.